The van der Waals surface area contributed by atoms with Crippen molar-refractivity contribution in [2.24, 2.45) is 17.8 Å². The zero-order valence-electron chi connectivity index (χ0n) is 55.0. The molecular weight excluding hydrogens is 1330 g/mol. The zero-order chi connectivity index (χ0) is 71.4. The minimum absolute atomic E-state index is 0.00385. The third-order valence-corrected chi connectivity index (χ3v) is 20.7. The summed E-state index contributed by atoms with van der Waals surface area (Å²) in [6.45, 7) is 7.26. The second kappa shape index (κ2) is 27.8. The number of pyridine rings is 4. The van der Waals surface area contributed by atoms with Crippen LogP contribution in [0, 0.1) is 57.1 Å². The normalized spacial score (nSPS) is 21.9. The first-order chi connectivity index (χ1) is 48.2. The Kier molecular flexibility index (Phi) is 19.1. The number of carbonyl (C=O) groups is 3. The van der Waals surface area contributed by atoms with Crippen LogP contribution in [0.1, 0.15) is 145 Å². The van der Waals surface area contributed by atoms with Crippen LogP contribution in [0.5, 0.6) is 0 Å². The first-order valence-corrected chi connectivity index (χ1v) is 33.2. The van der Waals surface area contributed by atoms with Gasteiger partial charge in [0.05, 0.1) is 51.3 Å². The van der Waals surface area contributed by atoms with Gasteiger partial charge in [-0.25, -0.2) is 28.7 Å². The van der Waals surface area contributed by atoms with Gasteiger partial charge in [0, 0.05) is 103 Å². The lowest BCUT2D eigenvalue weighted by Crippen LogP contribution is -2.37. The number of aryl methyl sites for hydroxylation is 3. The Hall–Kier alpha value is -10.0. The molecule has 0 saturated carbocycles. The second-order valence-electron chi connectivity index (χ2n) is 26.7. The lowest BCUT2D eigenvalue weighted by atomic mass is 9.86. The number of alkyl halides is 9. The fraction of sp³-hybridized carbons (Fsp3) is 0.384. The summed E-state index contributed by atoms with van der Waals surface area (Å²) in [5, 5.41) is 8.03. The van der Waals surface area contributed by atoms with Gasteiger partial charge in [-0.1, -0.05) is 12.1 Å². The lowest BCUT2D eigenvalue weighted by Gasteiger charge is -2.26. The average molecular weight is 1400 g/mol. The van der Waals surface area contributed by atoms with E-state index in [1.165, 1.54) is 49.1 Å². The summed E-state index contributed by atoms with van der Waals surface area (Å²) in [6, 6.07) is 16.8. The largest absolute Gasteiger partial charge is 0.417 e. The van der Waals surface area contributed by atoms with Gasteiger partial charge in [0.2, 0.25) is 0 Å². The number of fused-ring (bicyclic) bond motifs is 6. The molecule has 6 saturated heterocycles. The SMILES string of the molecule is Cc1ccc(C(=O)N2C3CCC2C(Cc2ccc(C(F)(F)F)cn2)C3)c(-n2nccn2)c1F.Cc1ccc(F)c(-c2ncccn2)c1C(=O)N1C2CCC1C(Cc1ccc(C(F)(F)F)cn1)C2.Cc1cnc(C(=O)N2C3CCC2C(Cc2ccc(C(F)(F)F)cn2)C3)c(-c2ncccn2)c1C. The first-order valence-electron chi connectivity index (χ1n) is 33.2. The molecule has 101 heavy (non-hydrogen) atoms. The van der Waals surface area contributed by atoms with Crippen molar-refractivity contribution >= 4 is 17.7 Å². The molecule has 7 aromatic heterocycles. The van der Waals surface area contributed by atoms with Gasteiger partial charge >= 0.3 is 18.5 Å². The molecule has 524 valence electrons. The van der Waals surface area contributed by atoms with Crippen LogP contribution in [0.2, 0.25) is 0 Å². The van der Waals surface area contributed by atoms with Crippen molar-refractivity contribution in [2.45, 2.75) is 160 Å². The molecular formula is C73H67F11N14O3. The maximum absolute atomic E-state index is 15.0. The molecule has 17 nitrogen and oxygen atoms in total. The van der Waals surface area contributed by atoms with Crippen LogP contribution in [-0.2, 0) is 37.8 Å². The summed E-state index contributed by atoms with van der Waals surface area (Å²) in [6.07, 6.45) is 9.04. The third kappa shape index (κ3) is 14.0. The van der Waals surface area contributed by atoms with E-state index < -0.39 is 46.9 Å². The molecule has 2 aromatic carbocycles. The van der Waals surface area contributed by atoms with Crippen LogP contribution in [0.25, 0.3) is 28.5 Å². The summed E-state index contributed by atoms with van der Waals surface area (Å²) < 4.78 is 145. The Labute approximate surface area is 572 Å². The number of hydrogen-bond acceptors (Lipinski definition) is 13. The highest BCUT2D eigenvalue weighted by molar-refractivity contribution is 6.03. The van der Waals surface area contributed by atoms with Crippen molar-refractivity contribution in [3.05, 3.63) is 219 Å². The Bertz CT molecular complexity index is 4470. The van der Waals surface area contributed by atoms with Crippen LogP contribution in [0.3, 0.4) is 0 Å². The summed E-state index contributed by atoms with van der Waals surface area (Å²) >= 11 is 0. The summed E-state index contributed by atoms with van der Waals surface area (Å²) in [5.41, 5.74) is 3.90. The third-order valence-electron chi connectivity index (χ3n) is 20.7. The number of aromatic nitrogens is 11. The maximum Gasteiger partial charge on any atom is 0.417 e. The highest BCUT2D eigenvalue weighted by Gasteiger charge is 2.52. The molecule has 6 fully saturated rings. The van der Waals surface area contributed by atoms with Crippen LogP contribution in [-0.4, -0.2) is 124 Å². The summed E-state index contributed by atoms with van der Waals surface area (Å²) in [4.78, 5) is 81.5. The van der Waals surface area contributed by atoms with Crippen molar-refractivity contribution in [1.29, 1.82) is 0 Å². The monoisotopic (exact) mass is 1400 g/mol. The number of halogens is 11. The van der Waals surface area contributed by atoms with Crippen molar-refractivity contribution in [2.75, 3.05) is 0 Å². The smallest absolute Gasteiger partial charge is 0.332 e. The van der Waals surface area contributed by atoms with E-state index in [2.05, 4.69) is 50.1 Å². The molecule has 13 heterocycles. The molecule has 6 aliphatic rings. The Morgan fingerprint density at radius 1 is 0.436 bits per heavy atom. The van der Waals surface area contributed by atoms with Crippen molar-refractivity contribution in [3.63, 3.8) is 0 Å². The molecule has 0 spiro atoms. The van der Waals surface area contributed by atoms with Crippen LogP contribution >= 0.6 is 0 Å². The van der Waals surface area contributed by atoms with Crippen molar-refractivity contribution in [1.82, 2.24) is 69.6 Å². The number of rotatable bonds is 12. The maximum atomic E-state index is 15.0. The fourth-order valence-electron chi connectivity index (χ4n) is 15.8. The van der Waals surface area contributed by atoms with E-state index >= 15 is 4.39 Å². The lowest BCUT2D eigenvalue weighted by molar-refractivity contribution is -0.138. The van der Waals surface area contributed by atoms with E-state index in [1.54, 1.807) is 62.8 Å². The number of amides is 3. The number of nitrogens with zero attached hydrogens (tertiary/aromatic N) is 14. The minimum atomic E-state index is -4.43. The Morgan fingerprint density at radius 3 is 1.28 bits per heavy atom. The Balaban J connectivity index is 0.000000135. The molecule has 28 heteroatoms. The quantitative estimate of drug-likeness (QED) is 0.105. The molecule has 6 aliphatic heterocycles. The number of hydrogen-bond donors (Lipinski definition) is 0. The predicted octanol–water partition coefficient (Wildman–Crippen LogP) is 14.4. The van der Waals surface area contributed by atoms with E-state index in [9.17, 15) is 58.3 Å². The molecule has 9 atom stereocenters. The summed E-state index contributed by atoms with van der Waals surface area (Å²) in [5.74, 6) is -0.843. The standard InChI is InChI=1S/C25H22F4N4O.C25H24F3N5O.C23H21F4N5O/c1-14-3-7-19(26)22(23-30-9-2-10-31-23)21(14)24(34)33-18-6-8-20(33)15(12-18)11-17-5-4-16(13-32-17)25(27,28)29;1-14-12-32-22(21(15(14)2)23-29-8-3-9-30-23)24(34)33-19-6-7-20(33)16(11-19)10-18-5-4-17(13-31-18)25(26,27)28;1-13-2-6-18(21(20(13)24)32-29-8-9-30-32)22(33)31-17-5-7-19(31)14(11-17)10-16-4-3-15(12-28-16)23(25,26)27/h2-5,7,9-10,13,15,18,20H,6,8,11-12H2,1H3;3-5,8-9,12-13,16,19-20H,6-7,10-11H2,1-2H3;2-4,6,8-9,12,14,17,19H,5,7,10-11H2,1H3. The van der Waals surface area contributed by atoms with Crippen LogP contribution < -0.4 is 0 Å². The van der Waals surface area contributed by atoms with E-state index in [4.69, 9.17) is 0 Å². The minimum Gasteiger partial charge on any atom is -0.332 e. The molecule has 15 rings (SSSR count). The number of carbonyl (C=O) groups excluding carboxylic acids is 3. The van der Waals surface area contributed by atoms with Crippen LogP contribution in [0.15, 0.2) is 135 Å². The first kappa shape index (κ1) is 69.5. The Morgan fingerprint density at radius 2 is 0.851 bits per heavy atom. The molecule has 9 unspecified atom stereocenters. The topological polar surface area (TPSA) is 195 Å². The molecule has 9 aromatic rings. The highest BCUT2D eigenvalue weighted by Crippen LogP contribution is 2.48. The van der Waals surface area contributed by atoms with Gasteiger partial charge in [-0.15, -0.1) is 4.80 Å². The van der Waals surface area contributed by atoms with Crippen molar-refractivity contribution in [3.8, 4) is 28.5 Å². The van der Waals surface area contributed by atoms with E-state index in [-0.39, 0.29) is 99.9 Å². The predicted molar refractivity (Wildman–Crippen MR) is 345 cm³/mol. The van der Waals surface area contributed by atoms with Crippen molar-refractivity contribution < 1.29 is 62.7 Å². The van der Waals surface area contributed by atoms with E-state index in [1.807, 2.05) is 28.5 Å². The molecule has 0 aliphatic carbocycles. The number of benzene rings is 2. The van der Waals surface area contributed by atoms with Gasteiger partial charge in [-0.2, -0.15) is 49.7 Å². The van der Waals surface area contributed by atoms with Crippen LogP contribution in [0.4, 0.5) is 48.3 Å². The van der Waals surface area contributed by atoms with E-state index in [0.29, 0.717) is 64.6 Å². The van der Waals surface area contributed by atoms with Gasteiger partial charge in [0.15, 0.2) is 17.5 Å². The molecule has 3 amide bonds. The highest BCUT2D eigenvalue weighted by atomic mass is 19.4. The van der Waals surface area contributed by atoms with Gasteiger partial charge in [0.1, 0.15) is 17.2 Å². The van der Waals surface area contributed by atoms with Gasteiger partial charge in [-0.05, 0) is 205 Å². The average Bonchev–Trinajstić information content (AvgIpc) is 1.68. The van der Waals surface area contributed by atoms with E-state index in [0.717, 1.165) is 111 Å². The zero-order valence-corrected chi connectivity index (χ0v) is 55.0. The molecule has 6 bridgehead atoms. The fourth-order valence-corrected chi connectivity index (χ4v) is 15.8. The molecule has 0 radical (unpaired) electrons. The molecule has 0 N–H and O–H groups in total. The summed E-state index contributed by atoms with van der Waals surface area (Å²) in [7, 11) is 0. The van der Waals surface area contributed by atoms with Gasteiger partial charge in [0.25, 0.3) is 17.7 Å². The second-order valence-corrected chi connectivity index (χ2v) is 26.7. The van der Waals surface area contributed by atoms with Gasteiger partial charge < -0.3 is 14.7 Å². The van der Waals surface area contributed by atoms with Gasteiger partial charge in [-0.3, -0.25) is 34.3 Å².